The number of fused-ring (bicyclic) bond motifs is 1. The third-order valence-electron chi connectivity index (χ3n) is 3.16. The second-order valence-corrected chi connectivity index (χ2v) is 4.49. The van der Waals surface area contributed by atoms with Crippen LogP contribution in [0.5, 0.6) is 0 Å². The standard InChI is InChI=1S/C17H13NO2/c19-17(14-7-2-1-3-8-14)20-12-16-15-9-5-4-6-13(15)10-11-18-16/h1-11H,12H2/p+1. The zero-order valence-electron chi connectivity index (χ0n) is 10.9. The zero-order valence-corrected chi connectivity index (χ0v) is 10.9. The van der Waals surface area contributed by atoms with Crippen molar-refractivity contribution in [3.63, 3.8) is 0 Å². The van der Waals surface area contributed by atoms with E-state index in [1.165, 1.54) is 0 Å². The number of H-pyrrole nitrogens is 1. The van der Waals surface area contributed by atoms with Crippen LogP contribution in [-0.2, 0) is 11.3 Å². The van der Waals surface area contributed by atoms with E-state index in [9.17, 15) is 4.79 Å². The molecule has 0 aliphatic rings. The first kappa shape index (κ1) is 12.4. The highest BCUT2D eigenvalue weighted by molar-refractivity contribution is 5.89. The summed E-state index contributed by atoms with van der Waals surface area (Å²) in [6, 6.07) is 19.0. The summed E-state index contributed by atoms with van der Waals surface area (Å²) in [4.78, 5) is 15.1. The molecular formula is C17H14NO2+. The fourth-order valence-electron chi connectivity index (χ4n) is 2.14. The molecule has 3 rings (SSSR count). The van der Waals surface area contributed by atoms with Crippen molar-refractivity contribution in [1.82, 2.24) is 0 Å². The third-order valence-corrected chi connectivity index (χ3v) is 3.16. The van der Waals surface area contributed by atoms with Crippen LogP contribution < -0.4 is 4.98 Å². The van der Waals surface area contributed by atoms with E-state index >= 15 is 0 Å². The highest BCUT2D eigenvalue weighted by atomic mass is 16.5. The summed E-state index contributed by atoms with van der Waals surface area (Å²) in [6.07, 6.45) is 1.86. The SMILES string of the molecule is O=C(OCc1[nH+]ccc2ccccc12)c1ccccc1. The van der Waals surface area contributed by atoms with E-state index in [0.717, 1.165) is 16.5 Å². The second-order valence-electron chi connectivity index (χ2n) is 4.49. The Balaban J connectivity index is 1.79. The number of carbonyl (C=O) groups excluding carboxylic acids is 1. The lowest BCUT2D eigenvalue weighted by Gasteiger charge is -2.03. The molecule has 2 aromatic carbocycles. The Morgan fingerprint density at radius 3 is 2.55 bits per heavy atom. The van der Waals surface area contributed by atoms with Crippen molar-refractivity contribution in [3.8, 4) is 0 Å². The van der Waals surface area contributed by atoms with E-state index in [1.807, 2.05) is 54.7 Å². The molecule has 0 aliphatic carbocycles. The van der Waals surface area contributed by atoms with E-state index in [0.29, 0.717) is 5.56 Å². The summed E-state index contributed by atoms with van der Waals surface area (Å²) in [6.45, 7) is 0.231. The molecule has 1 N–H and O–H groups in total. The number of rotatable bonds is 3. The number of benzene rings is 2. The van der Waals surface area contributed by atoms with Gasteiger partial charge in [0.1, 0.15) is 0 Å². The van der Waals surface area contributed by atoms with E-state index in [1.54, 1.807) is 12.1 Å². The normalized spacial score (nSPS) is 10.4. The van der Waals surface area contributed by atoms with Crippen molar-refractivity contribution >= 4 is 16.7 Å². The predicted octanol–water partition coefficient (Wildman–Crippen LogP) is 3.01. The molecule has 0 bridgehead atoms. The van der Waals surface area contributed by atoms with Gasteiger partial charge in [-0.3, -0.25) is 0 Å². The Morgan fingerprint density at radius 2 is 1.70 bits per heavy atom. The smallest absolute Gasteiger partial charge is 0.338 e. The molecule has 0 amide bonds. The van der Waals surface area contributed by atoms with Gasteiger partial charge in [0.25, 0.3) is 0 Å². The average Bonchev–Trinajstić information content (AvgIpc) is 2.53. The first-order chi connectivity index (χ1) is 9.84. The lowest BCUT2D eigenvalue weighted by molar-refractivity contribution is -0.392. The minimum atomic E-state index is -0.313. The van der Waals surface area contributed by atoms with Crippen molar-refractivity contribution in [2.75, 3.05) is 0 Å². The van der Waals surface area contributed by atoms with Crippen molar-refractivity contribution in [1.29, 1.82) is 0 Å². The Morgan fingerprint density at radius 1 is 0.950 bits per heavy atom. The molecule has 1 heterocycles. The summed E-state index contributed by atoms with van der Waals surface area (Å²) in [5.74, 6) is -0.313. The Labute approximate surface area is 116 Å². The number of nitrogens with one attached hydrogen (secondary N) is 1. The average molecular weight is 264 g/mol. The van der Waals surface area contributed by atoms with Crippen LogP contribution in [0, 0.1) is 0 Å². The van der Waals surface area contributed by atoms with Gasteiger partial charge in [-0.1, -0.05) is 36.4 Å². The third kappa shape index (κ3) is 2.52. The van der Waals surface area contributed by atoms with Crippen LogP contribution in [0.1, 0.15) is 16.1 Å². The van der Waals surface area contributed by atoms with Crippen molar-refractivity contribution in [2.45, 2.75) is 6.61 Å². The minimum absolute atomic E-state index is 0.231. The second kappa shape index (κ2) is 5.53. The minimum Gasteiger partial charge on any atom is -0.451 e. The molecule has 0 aliphatic heterocycles. The number of pyridine rings is 1. The maximum atomic E-state index is 11.9. The summed E-state index contributed by atoms with van der Waals surface area (Å²) in [7, 11) is 0. The summed E-state index contributed by atoms with van der Waals surface area (Å²) < 4.78 is 5.35. The highest BCUT2D eigenvalue weighted by Gasteiger charge is 2.12. The fraction of sp³-hybridized carbons (Fsp3) is 0.0588. The van der Waals surface area contributed by atoms with Gasteiger partial charge in [-0.25, -0.2) is 9.78 Å². The van der Waals surface area contributed by atoms with Crippen molar-refractivity contribution in [2.24, 2.45) is 0 Å². The zero-order chi connectivity index (χ0) is 13.8. The number of aromatic nitrogens is 1. The molecule has 3 nitrogen and oxygen atoms in total. The number of hydrogen-bond donors (Lipinski definition) is 0. The van der Waals surface area contributed by atoms with Gasteiger partial charge >= 0.3 is 5.97 Å². The lowest BCUT2D eigenvalue weighted by atomic mass is 10.1. The first-order valence-electron chi connectivity index (χ1n) is 6.45. The number of hydrogen-bond acceptors (Lipinski definition) is 2. The van der Waals surface area contributed by atoms with Crippen LogP contribution in [0.4, 0.5) is 0 Å². The van der Waals surface area contributed by atoms with Crippen LogP contribution in [-0.4, -0.2) is 5.97 Å². The van der Waals surface area contributed by atoms with Crippen LogP contribution in [0.15, 0.2) is 66.9 Å². The van der Waals surface area contributed by atoms with Crippen LogP contribution in [0.2, 0.25) is 0 Å². The maximum Gasteiger partial charge on any atom is 0.338 e. The Hall–Kier alpha value is -2.68. The molecule has 0 saturated heterocycles. The predicted molar refractivity (Wildman–Crippen MR) is 76.1 cm³/mol. The van der Waals surface area contributed by atoms with Crippen molar-refractivity contribution < 1.29 is 14.5 Å². The molecule has 98 valence electrons. The summed E-state index contributed by atoms with van der Waals surface area (Å²) in [5.41, 5.74) is 1.46. The van der Waals surface area contributed by atoms with Gasteiger partial charge in [0, 0.05) is 6.07 Å². The maximum absolute atomic E-state index is 11.9. The lowest BCUT2D eigenvalue weighted by Crippen LogP contribution is -2.14. The molecule has 0 atom stereocenters. The number of carbonyl (C=O) groups is 1. The van der Waals surface area contributed by atoms with Gasteiger partial charge in [0.2, 0.25) is 5.69 Å². The molecule has 1 aromatic heterocycles. The molecule has 20 heavy (non-hydrogen) atoms. The van der Waals surface area contributed by atoms with Gasteiger partial charge in [-0.15, -0.1) is 0 Å². The molecule has 0 unspecified atom stereocenters. The molecule has 0 radical (unpaired) electrons. The summed E-state index contributed by atoms with van der Waals surface area (Å²) in [5, 5.41) is 2.19. The van der Waals surface area contributed by atoms with E-state index in [-0.39, 0.29) is 12.6 Å². The number of ether oxygens (including phenoxy) is 1. The highest BCUT2D eigenvalue weighted by Crippen LogP contribution is 2.15. The van der Waals surface area contributed by atoms with Gasteiger partial charge in [0.05, 0.1) is 10.9 Å². The van der Waals surface area contributed by atoms with Gasteiger partial charge in [-0.2, -0.15) is 0 Å². The Kier molecular flexibility index (Phi) is 3.42. The first-order valence-corrected chi connectivity index (χ1v) is 6.45. The van der Waals surface area contributed by atoms with E-state index in [4.69, 9.17) is 4.74 Å². The number of aromatic amines is 1. The van der Waals surface area contributed by atoms with E-state index < -0.39 is 0 Å². The van der Waals surface area contributed by atoms with Crippen LogP contribution in [0.3, 0.4) is 0 Å². The monoisotopic (exact) mass is 264 g/mol. The van der Waals surface area contributed by atoms with Gasteiger partial charge in [-0.05, 0) is 23.6 Å². The fourth-order valence-corrected chi connectivity index (χ4v) is 2.14. The Bertz CT molecular complexity index is 733. The molecule has 0 saturated carbocycles. The van der Waals surface area contributed by atoms with Crippen molar-refractivity contribution in [3.05, 3.63) is 78.1 Å². The quantitative estimate of drug-likeness (QED) is 0.682. The molecular weight excluding hydrogens is 250 g/mol. The topological polar surface area (TPSA) is 40.4 Å². The summed E-state index contributed by atoms with van der Waals surface area (Å²) >= 11 is 0. The van der Waals surface area contributed by atoms with Gasteiger partial charge in [0.15, 0.2) is 12.8 Å². The molecule has 0 spiro atoms. The largest absolute Gasteiger partial charge is 0.451 e. The van der Waals surface area contributed by atoms with Gasteiger partial charge < -0.3 is 4.74 Å². The molecule has 0 fully saturated rings. The molecule has 3 heteroatoms. The molecule has 3 aromatic rings. The number of esters is 1. The van der Waals surface area contributed by atoms with E-state index in [2.05, 4.69) is 4.98 Å². The van der Waals surface area contributed by atoms with Crippen LogP contribution in [0.25, 0.3) is 10.8 Å². The van der Waals surface area contributed by atoms with Crippen LogP contribution >= 0.6 is 0 Å².